The van der Waals surface area contributed by atoms with E-state index in [1.807, 2.05) is 4.98 Å². The molecule has 25 heavy (non-hydrogen) atoms. The molecule has 0 aliphatic rings. The average Bonchev–Trinajstić information content (AvgIpc) is 2.57. The van der Waals surface area contributed by atoms with Gasteiger partial charge in [0.1, 0.15) is 12.4 Å². The Bertz CT molecular complexity index is 890. The second kappa shape index (κ2) is 8.04. The summed E-state index contributed by atoms with van der Waals surface area (Å²) in [6, 6.07) is 7.12. The minimum atomic E-state index is -0.818. The van der Waals surface area contributed by atoms with Gasteiger partial charge in [0, 0.05) is 31.4 Å². The number of halogens is 1. The van der Waals surface area contributed by atoms with Gasteiger partial charge in [-0.1, -0.05) is 18.2 Å². The average molecular weight is 349 g/mol. The lowest BCUT2D eigenvalue weighted by atomic mass is 10.2. The number of carbonyl (C=O) groups excluding carboxylic acids is 2. The fraction of sp³-hybridized carbons (Fsp3) is 0.250. The molecule has 0 aliphatic heterocycles. The van der Waals surface area contributed by atoms with Gasteiger partial charge in [0.25, 0.3) is 11.5 Å². The summed E-state index contributed by atoms with van der Waals surface area (Å²) < 4.78 is 19.3. The summed E-state index contributed by atoms with van der Waals surface area (Å²) in [6.07, 6.45) is 1.15. The number of H-pyrrole nitrogens is 1. The van der Waals surface area contributed by atoms with Crippen molar-refractivity contribution < 1.29 is 18.7 Å². The summed E-state index contributed by atoms with van der Waals surface area (Å²) >= 11 is 0. The van der Waals surface area contributed by atoms with Crippen molar-refractivity contribution >= 4 is 11.9 Å². The second-order valence-electron chi connectivity index (χ2n) is 5.24. The minimum Gasteiger partial charge on any atom is -0.454 e. The number of benzene rings is 1. The van der Waals surface area contributed by atoms with Gasteiger partial charge in [-0.2, -0.15) is 0 Å². The quantitative estimate of drug-likeness (QED) is 0.733. The Balaban J connectivity index is 1.86. The molecule has 1 amide bonds. The third-order valence-electron chi connectivity index (χ3n) is 3.34. The number of ether oxygens (including phenoxy) is 1. The molecule has 9 heteroatoms. The number of esters is 1. The normalized spacial score (nSPS) is 10.3. The molecule has 0 saturated heterocycles. The third kappa shape index (κ3) is 5.13. The maximum atomic E-state index is 13.6. The van der Waals surface area contributed by atoms with Crippen LogP contribution in [0.15, 0.2) is 46.1 Å². The lowest BCUT2D eigenvalue weighted by molar-refractivity contribution is -0.152. The molecule has 132 valence electrons. The summed E-state index contributed by atoms with van der Waals surface area (Å²) in [7, 11) is 1.45. The van der Waals surface area contributed by atoms with E-state index >= 15 is 0 Å². The van der Waals surface area contributed by atoms with Crippen LogP contribution in [-0.2, 0) is 27.4 Å². The SMILES string of the molecule is CN(Cc1ccccc1F)C(=O)COC(=O)Cn1ccc(=O)[nH]c1=O. The predicted molar refractivity (Wildman–Crippen MR) is 85.2 cm³/mol. The number of rotatable bonds is 6. The highest BCUT2D eigenvalue weighted by Gasteiger charge is 2.14. The molecule has 0 fully saturated rings. The van der Waals surface area contributed by atoms with E-state index in [-0.39, 0.29) is 6.54 Å². The number of aromatic nitrogens is 2. The molecule has 0 bridgehead atoms. The van der Waals surface area contributed by atoms with Crippen molar-refractivity contribution in [2.45, 2.75) is 13.1 Å². The topological polar surface area (TPSA) is 101 Å². The number of hydrogen-bond donors (Lipinski definition) is 1. The number of carbonyl (C=O) groups is 2. The van der Waals surface area contributed by atoms with Crippen LogP contribution in [0.3, 0.4) is 0 Å². The number of aromatic amines is 1. The van der Waals surface area contributed by atoms with Gasteiger partial charge in [0.15, 0.2) is 6.61 Å². The largest absolute Gasteiger partial charge is 0.454 e. The van der Waals surface area contributed by atoms with Crippen LogP contribution in [0.5, 0.6) is 0 Å². The summed E-state index contributed by atoms with van der Waals surface area (Å²) in [4.78, 5) is 49.2. The third-order valence-corrected chi connectivity index (χ3v) is 3.34. The molecule has 0 spiro atoms. The molecule has 1 heterocycles. The van der Waals surface area contributed by atoms with E-state index in [1.54, 1.807) is 18.2 Å². The van der Waals surface area contributed by atoms with Crippen molar-refractivity contribution in [3.05, 3.63) is 68.7 Å². The van der Waals surface area contributed by atoms with Crippen molar-refractivity contribution in [2.24, 2.45) is 0 Å². The second-order valence-corrected chi connectivity index (χ2v) is 5.24. The van der Waals surface area contributed by atoms with Crippen LogP contribution in [0, 0.1) is 5.82 Å². The molecule has 0 aliphatic carbocycles. The lowest BCUT2D eigenvalue weighted by Crippen LogP contribution is -2.34. The van der Waals surface area contributed by atoms with Gasteiger partial charge < -0.3 is 9.64 Å². The van der Waals surface area contributed by atoms with Crippen molar-refractivity contribution in [1.82, 2.24) is 14.5 Å². The van der Waals surface area contributed by atoms with Crippen molar-refractivity contribution in [2.75, 3.05) is 13.7 Å². The molecular formula is C16H16FN3O5. The number of nitrogens with zero attached hydrogens (tertiary/aromatic N) is 2. The first-order valence-electron chi connectivity index (χ1n) is 7.29. The molecular weight excluding hydrogens is 333 g/mol. The van der Waals surface area contributed by atoms with E-state index in [4.69, 9.17) is 4.74 Å². The van der Waals surface area contributed by atoms with Gasteiger partial charge in [-0.15, -0.1) is 0 Å². The Morgan fingerprint density at radius 3 is 2.64 bits per heavy atom. The van der Waals surface area contributed by atoms with E-state index in [1.165, 1.54) is 18.0 Å². The molecule has 2 rings (SSSR count). The van der Waals surface area contributed by atoms with Gasteiger partial charge >= 0.3 is 11.7 Å². The van der Waals surface area contributed by atoms with Gasteiger partial charge in [0.2, 0.25) is 0 Å². The highest BCUT2D eigenvalue weighted by molar-refractivity contribution is 5.80. The maximum absolute atomic E-state index is 13.6. The number of nitrogens with one attached hydrogen (secondary N) is 1. The Hall–Kier alpha value is -3.23. The van der Waals surface area contributed by atoms with Gasteiger partial charge in [0.05, 0.1) is 0 Å². The Morgan fingerprint density at radius 1 is 1.24 bits per heavy atom. The van der Waals surface area contributed by atoms with Crippen LogP contribution in [0.25, 0.3) is 0 Å². The van der Waals surface area contributed by atoms with Crippen molar-refractivity contribution in [1.29, 1.82) is 0 Å². The molecule has 1 aromatic carbocycles. The van der Waals surface area contributed by atoms with Crippen LogP contribution in [0.1, 0.15) is 5.56 Å². The standard InChI is InChI=1S/C16H16FN3O5/c1-19(8-11-4-2-3-5-12(11)17)14(22)10-25-15(23)9-20-7-6-13(21)18-16(20)24/h2-7H,8-10H2,1H3,(H,18,21,24). The molecule has 0 radical (unpaired) electrons. The highest BCUT2D eigenvalue weighted by Crippen LogP contribution is 2.08. The molecule has 1 N–H and O–H groups in total. The Labute approximate surface area is 141 Å². The molecule has 0 unspecified atom stereocenters. The van der Waals surface area contributed by atoms with Crippen LogP contribution >= 0.6 is 0 Å². The van der Waals surface area contributed by atoms with E-state index < -0.39 is 42.1 Å². The molecule has 8 nitrogen and oxygen atoms in total. The Morgan fingerprint density at radius 2 is 1.96 bits per heavy atom. The van der Waals surface area contributed by atoms with Crippen LogP contribution < -0.4 is 11.2 Å². The zero-order valence-corrected chi connectivity index (χ0v) is 13.4. The molecule has 0 atom stereocenters. The maximum Gasteiger partial charge on any atom is 0.328 e. The first-order valence-corrected chi connectivity index (χ1v) is 7.29. The zero-order chi connectivity index (χ0) is 18.4. The summed E-state index contributed by atoms with van der Waals surface area (Å²) in [6.45, 7) is -0.954. The van der Waals surface area contributed by atoms with E-state index in [2.05, 4.69) is 0 Å². The Kier molecular flexibility index (Phi) is 5.83. The van der Waals surface area contributed by atoms with Crippen LogP contribution in [0.2, 0.25) is 0 Å². The van der Waals surface area contributed by atoms with Gasteiger partial charge in [-0.05, 0) is 6.07 Å². The summed E-state index contributed by atoms with van der Waals surface area (Å²) in [5, 5.41) is 0. The smallest absolute Gasteiger partial charge is 0.328 e. The van der Waals surface area contributed by atoms with E-state index in [0.717, 1.165) is 16.8 Å². The zero-order valence-electron chi connectivity index (χ0n) is 13.4. The van der Waals surface area contributed by atoms with Crippen LogP contribution in [0.4, 0.5) is 4.39 Å². The van der Waals surface area contributed by atoms with Gasteiger partial charge in [-0.25, -0.2) is 9.18 Å². The van der Waals surface area contributed by atoms with Crippen LogP contribution in [-0.4, -0.2) is 40.0 Å². The fourth-order valence-electron chi connectivity index (χ4n) is 1.98. The summed E-state index contributed by atoms with van der Waals surface area (Å²) in [5.41, 5.74) is -1.00. The molecule has 0 saturated carbocycles. The first kappa shape index (κ1) is 18.1. The van der Waals surface area contributed by atoms with Crippen molar-refractivity contribution in [3.8, 4) is 0 Å². The van der Waals surface area contributed by atoms with E-state index in [0.29, 0.717) is 5.56 Å². The minimum absolute atomic E-state index is 0.0302. The first-order chi connectivity index (χ1) is 11.9. The fourth-order valence-corrected chi connectivity index (χ4v) is 1.98. The lowest BCUT2D eigenvalue weighted by Gasteiger charge is -2.17. The van der Waals surface area contributed by atoms with E-state index in [9.17, 15) is 23.6 Å². The number of likely N-dealkylation sites (N-methyl/N-ethyl adjacent to an activating group) is 1. The molecule has 2 aromatic rings. The molecule has 1 aromatic heterocycles. The predicted octanol–water partition coefficient (Wildman–Crippen LogP) is -0.122. The number of hydrogen-bond acceptors (Lipinski definition) is 5. The van der Waals surface area contributed by atoms with Gasteiger partial charge in [-0.3, -0.25) is 23.9 Å². The number of amides is 1. The summed E-state index contributed by atoms with van der Waals surface area (Å²) in [5.74, 6) is -1.77. The highest BCUT2D eigenvalue weighted by atomic mass is 19.1. The monoisotopic (exact) mass is 349 g/mol. The van der Waals surface area contributed by atoms with Crippen molar-refractivity contribution in [3.63, 3.8) is 0 Å².